The molecular weight excluding hydrogens is 328 g/mol. The van der Waals surface area contributed by atoms with Crippen molar-refractivity contribution in [2.45, 2.75) is 13.8 Å². The van der Waals surface area contributed by atoms with Crippen LogP contribution in [0, 0.1) is 13.8 Å². The van der Waals surface area contributed by atoms with Gasteiger partial charge in [-0.2, -0.15) is 5.10 Å². The predicted octanol–water partition coefficient (Wildman–Crippen LogP) is 2.83. The summed E-state index contributed by atoms with van der Waals surface area (Å²) in [4.78, 5) is 6.37. The van der Waals surface area contributed by atoms with Crippen LogP contribution in [0.1, 0.15) is 11.1 Å². The maximum atomic E-state index is 5.86. The molecule has 0 saturated carbocycles. The number of benzene rings is 1. The standard InChI is InChI=1S/C19H22N6O/c1-12-7-14(15-8-13(2)18-20-11-21-25(18)10-15)9-16-17(12)19(23-22-16)26-6-5-24(3)4/h7-11H,5-6H2,1-4H3,(H,22,23). The third-order valence-electron chi connectivity index (χ3n) is 4.50. The van der Waals surface area contributed by atoms with Crippen LogP contribution in [0.25, 0.3) is 27.7 Å². The van der Waals surface area contributed by atoms with Gasteiger partial charge in [0.2, 0.25) is 5.88 Å². The van der Waals surface area contributed by atoms with E-state index in [0.29, 0.717) is 12.5 Å². The van der Waals surface area contributed by atoms with E-state index in [1.54, 1.807) is 6.33 Å². The summed E-state index contributed by atoms with van der Waals surface area (Å²) >= 11 is 0. The van der Waals surface area contributed by atoms with Crippen LogP contribution in [0.5, 0.6) is 5.88 Å². The lowest BCUT2D eigenvalue weighted by molar-refractivity contribution is 0.255. The van der Waals surface area contributed by atoms with E-state index < -0.39 is 0 Å². The molecule has 4 aromatic rings. The number of hydrogen-bond donors (Lipinski definition) is 1. The van der Waals surface area contributed by atoms with Crippen molar-refractivity contribution in [3.05, 3.63) is 41.9 Å². The molecule has 0 bridgehead atoms. The smallest absolute Gasteiger partial charge is 0.240 e. The minimum atomic E-state index is 0.607. The molecule has 3 aromatic heterocycles. The predicted molar refractivity (Wildman–Crippen MR) is 102 cm³/mol. The van der Waals surface area contributed by atoms with Gasteiger partial charge in [0.25, 0.3) is 0 Å². The zero-order valence-electron chi connectivity index (χ0n) is 15.4. The number of rotatable bonds is 5. The van der Waals surface area contributed by atoms with Crippen LogP contribution < -0.4 is 4.74 Å². The second kappa shape index (κ2) is 6.42. The van der Waals surface area contributed by atoms with Gasteiger partial charge in [-0.3, -0.25) is 5.10 Å². The zero-order chi connectivity index (χ0) is 18.3. The molecular formula is C19H22N6O. The summed E-state index contributed by atoms with van der Waals surface area (Å²) < 4.78 is 7.67. The van der Waals surface area contributed by atoms with E-state index in [1.807, 2.05) is 31.7 Å². The quantitative estimate of drug-likeness (QED) is 0.599. The Hall–Kier alpha value is -2.93. The fourth-order valence-electron chi connectivity index (χ4n) is 3.17. The van der Waals surface area contributed by atoms with E-state index in [1.165, 1.54) is 0 Å². The van der Waals surface area contributed by atoms with Crippen molar-refractivity contribution in [3.8, 4) is 17.0 Å². The molecule has 0 aliphatic heterocycles. The van der Waals surface area contributed by atoms with E-state index in [9.17, 15) is 0 Å². The van der Waals surface area contributed by atoms with Crippen molar-refractivity contribution >= 4 is 16.6 Å². The molecule has 7 heteroatoms. The largest absolute Gasteiger partial charge is 0.475 e. The number of H-pyrrole nitrogens is 1. The zero-order valence-corrected chi connectivity index (χ0v) is 15.4. The lowest BCUT2D eigenvalue weighted by Crippen LogP contribution is -2.19. The van der Waals surface area contributed by atoms with E-state index in [-0.39, 0.29) is 0 Å². The van der Waals surface area contributed by atoms with Crippen molar-refractivity contribution in [2.24, 2.45) is 0 Å². The first-order valence-electron chi connectivity index (χ1n) is 8.59. The number of aromatic nitrogens is 5. The first-order chi connectivity index (χ1) is 12.5. The number of pyridine rings is 1. The summed E-state index contributed by atoms with van der Waals surface area (Å²) in [6, 6.07) is 6.40. The number of hydrogen-bond acceptors (Lipinski definition) is 5. The van der Waals surface area contributed by atoms with Crippen molar-refractivity contribution in [1.82, 2.24) is 29.7 Å². The third-order valence-corrected chi connectivity index (χ3v) is 4.50. The molecule has 0 spiro atoms. The SMILES string of the molecule is Cc1cc(-c2cc(C)c3ncnn3c2)cc2[nH]nc(OCCN(C)C)c12. The van der Waals surface area contributed by atoms with Crippen molar-refractivity contribution in [2.75, 3.05) is 27.2 Å². The van der Waals surface area contributed by atoms with Gasteiger partial charge in [-0.1, -0.05) is 6.07 Å². The van der Waals surface area contributed by atoms with Gasteiger partial charge in [-0.15, -0.1) is 5.10 Å². The Morgan fingerprint density at radius 2 is 1.92 bits per heavy atom. The Kier molecular flexibility index (Phi) is 4.08. The molecule has 0 aliphatic rings. The minimum Gasteiger partial charge on any atom is -0.475 e. The molecule has 3 heterocycles. The second-order valence-electron chi connectivity index (χ2n) is 6.84. The monoisotopic (exact) mass is 350 g/mol. The van der Waals surface area contributed by atoms with Crippen molar-refractivity contribution < 1.29 is 4.74 Å². The van der Waals surface area contributed by atoms with Gasteiger partial charge in [0.15, 0.2) is 5.65 Å². The van der Waals surface area contributed by atoms with Gasteiger partial charge in [-0.25, -0.2) is 9.50 Å². The Bertz CT molecular complexity index is 1080. The molecule has 0 amide bonds. The Morgan fingerprint density at radius 1 is 1.12 bits per heavy atom. The molecule has 7 nitrogen and oxygen atoms in total. The first kappa shape index (κ1) is 16.5. The molecule has 0 aliphatic carbocycles. The maximum absolute atomic E-state index is 5.86. The van der Waals surface area contributed by atoms with Gasteiger partial charge < -0.3 is 9.64 Å². The highest BCUT2D eigenvalue weighted by Crippen LogP contribution is 2.32. The Morgan fingerprint density at radius 3 is 2.73 bits per heavy atom. The molecule has 4 rings (SSSR count). The van der Waals surface area contributed by atoms with E-state index in [4.69, 9.17) is 4.74 Å². The van der Waals surface area contributed by atoms with Gasteiger partial charge in [0.05, 0.1) is 10.9 Å². The Balaban J connectivity index is 1.73. The van der Waals surface area contributed by atoms with Crippen molar-refractivity contribution in [3.63, 3.8) is 0 Å². The van der Waals surface area contributed by atoms with Crippen LogP contribution in [-0.2, 0) is 0 Å². The van der Waals surface area contributed by atoms with Gasteiger partial charge in [0.1, 0.15) is 12.9 Å². The third kappa shape index (κ3) is 2.90. The number of aryl methyl sites for hydroxylation is 2. The normalized spacial score (nSPS) is 11.7. The maximum Gasteiger partial charge on any atom is 0.240 e. The topological polar surface area (TPSA) is 71.3 Å². The van der Waals surface area contributed by atoms with Crippen LogP contribution in [-0.4, -0.2) is 56.9 Å². The number of aromatic amines is 1. The number of nitrogens with zero attached hydrogens (tertiary/aromatic N) is 5. The van der Waals surface area contributed by atoms with E-state index in [0.717, 1.165) is 45.3 Å². The Labute approximate surface area is 151 Å². The highest BCUT2D eigenvalue weighted by atomic mass is 16.5. The summed E-state index contributed by atoms with van der Waals surface area (Å²) in [6.45, 7) is 5.59. The molecule has 1 aromatic carbocycles. The van der Waals surface area contributed by atoms with E-state index in [2.05, 4.69) is 50.3 Å². The lowest BCUT2D eigenvalue weighted by Gasteiger charge is -2.10. The first-order valence-corrected chi connectivity index (χ1v) is 8.59. The fourth-order valence-corrected chi connectivity index (χ4v) is 3.17. The highest BCUT2D eigenvalue weighted by Gasteiger charge is 2.13. The molecule has 0 saturated heterocycles. The van der Waals surface area contributed by atoms with E-state index >= 15 is 0 Å². The lowest BCUT2D eigenvalue weighted by atomic mass is 10.0. The highest BCUT2D eigenvalue weighted by molar-refractivity contribution is 5.91. The fraction of sp³-hybridized carbons (Fsp3) is 0.316. The summed E-state index contributed by atoms with van der Waals surface area (Å²) in [6.07, 6.45) is 3.58. The minimum absolute atomic E-state index is 0.607. The molecule has 0 atom stereocenters. The average Bonchev–Trinajstić information content (AvgIpc) is 3.22. The molecule has 1 N–H and O–H groups in total. The van der Waals surface area contributed by atoms with Gasteiger partial charge >= 0.3 is 0 Å². The van der Waals surface area contributed by atoms with Crippen LogP contribution in [0.4, 0.5) is 0 Å². The molecule has 0 radical (unpaired) electrons. The number of likely N-dealkylation sites (N-methyl/N-ethyl adjacent to an activating group) is 1. The van der Waals surface area contributed by atoms with Crippen LogP contribution in [0.2, 0.25) is 0 Å². The van der Waals surface area contributed by atoms with Crippen LogP contribution >= 0.6 is 0 Å². The molecule has 26 heavy (non-hydrogen) atoms. The summed E-state index contributed by atoms with van der Waals surface area (Å²) in [5.74, 6) is 0.661. The van der Waals surface area contributed by atoms with Gasteiger partial charge in [-0.05, 0) is 56.8 Å². The van der Waals surface area contributed by atoms with Crippen LogP contribution in [0.15, 0.2) is 30.7 Å². The van der Waals surface area contributed by atoms with Crippen LogP contribution in [0.3, 0.4) is 0 Å². The number of ether oxygens (including phenoxy) is 1. The molecule has 0 unspecified atom stereocenters. The summed E-state index contributed by atoms with van der Waals surface area (Å²) in [5.41, 5.74) is 6.27. The number of fused-ring (bicyclic) bond motifs is 2. The van der Waals surface area contributed by atoms with Gasteiger partial charge in [0, 0.05) is 18.3 Å². The second-order valence-corrected chi connectivity index (χ2v) is 6.84. The summed E-state index contributed by atoms with van der Waals surface area (Å²) in [5, 5.41) is 12.8. The average molecular weight is 350 g/mol. The van der Waals surface area contributed by atoms with Crippen molar-refractivity contribution in [1.29, 1.82) is 0 Å². The molecule has 134 valence electrons. The number of nitrogens with one attached hydrogen (secondary N) is 1. The molecule has 0 fully saturated rings. The summed E-state index contributed by atoms with van der Waals surface area (Å²) in [7, 11) is 4.05.